The Balaban J connectivity index is 1.53. The maximum absolute atomic E-state index is 3.65. The van der Waals surface area contributed by atoms with Gasteiger partial charge in [0.15, 0.2) is 0 Å². The van der Waals surface area contributed by atoms with Crippen molar-refractivity contribution in [3.8, 4) is 0 Å². The fourth-order valence-corrected chi connectivity index (χ4v) is 3.89. The Kier molecular flexibility index (Phi) is 3.18. The lowest BCUT2D eigenvalue weighted by atomic mass is 10.0. The molecule has 0 amide bonds. The Bertz CT molecular complexity index is 271. The van der Waals surface area contributed by atoms with Gasteiger partial charge in [-0.3, -0.25) is 9.80 Å². The summed E-state index contributed by atoms with van der Waals surface area (Å²) in [6.45, 7) is 11.2. The van der Waals surface area contributed by atoms with Gasteiger partial charge in [-0.05, 0) is 52.6 Å². The lowest BCUT2D eigenvalue weighted by Crippen LogP contribution is -2.39. The standard InChI is InChI=1S/C14H27N3/c1-14(2)9-13(10-15-14)17-8-5-12(11-17)16-6-3-4-7-16/h12-13,15H,3-11H2,1-2H3. The Labute approximate surface area is 106 Å². The molecule has 3 aliphatic heterocycles. The Morgan fingerprint density at radius 1 is 1.00 bits per heavy atom. The lowest BCUT2D eigenvalue weighted by molar-refractivity contribution is 0.203. The van der Waals surface area contributed by atoms with Crippen LogP contribution in [-0.2, 0) is 0 Å². The first kappa shape index (κ1) is 11.9. The molecule has 0 aliphatic carbocycles. The molecule has 2 atom stereocenters. The Morgan fingerprint density at radius 2 is 1.76 bits per heavy atom. The molecule has 3 aliphatic rings. The third-order valence-electron chi connectivity index (χ3n) is 4.93. The van der Waals surface area contributed by atoms with E-state index in [1.165, 1.54) is 58.4 Å². The van der Waals surface area contributed by atoms with Crippen molar-refractivity contribution in [1.29, 1.82) is 0 Å². The second-order valence-electron chi connectivity index (χ2n) is 6.80. The fraction of sp³-hybridized carbons (Fsp3) is 1.00. The van der Waals surface area contributed by atoms with Crippen LogP contribution in [0.4, 0.5) is 0 Å². The maximum Gasteiger partial charge on any atom is 0.0238 e. The first-order valence-corrected chi connectivity index (χ1v) is 7.37. The van der Waals surface area contributed by atoms with Gasteiger partial charge < -0.3 is 5.32 Å². The van der Waals surface area contributed by atoms with Crippen LogP contribution in [0.3, 0.4) is 0 Å². The van der Waals surface area contributed by atoms with Gasteiger partial charge in [-0.25, -0.2) is 0 Å². The number of hydrogen-bond acceptors (Lipinski definition) is 3. The van der Waals surface area contributed by atoms with E-state index < -0.39 is 0 Å². The number of likely N-dealkylation sites (tertiary alicyclic amines) is 2. The van der Waals surface area contributed by atoms with Crippen molar-refractivity contribution in [2.75, 3.05) is 32.7 Å². The first-order chi connectivity index (χ1) is 8.14. The molecule has 0 aromatic heterocycles. The third kappa shape index (κ3) is 2.51. The van der Waals surface area contributed by atoms with Crippen LogP contribution in [0, 0.1) is 0 Å². The molecular weight excluding hydrogens is 210 g/mol. The van der Waals surface area contributed by atoms with E-state index in [4.69, 9.17) is 0 Å². The summed E-state index contributed by atoms with van der Waals surface area (Å²) in [5.74, 6) is 0. The first-order valence-electron chi connectivity index (χ1n) is 7.37. The molecular formula is C14H27N3. The maximum atomic E-state index is 3.65. The number of hydrogen-bond donors (Lipinski definition) is 1. The SMILES string of the molecule is CC1(C)CC(N2CCC(N3CCCC3)C2)CN1. The summed E-state index contributed by atoms with van der Waals surface area (Å²) in [6.07, 6.45) is 5.57. The second kappa shape index (κ2) is 4.52. The zero-order valence-electron chi connectivity index (χ0n) is 11.4. The highest BCUT2D eigenvalue weighted by Crippen LogP contribution is 2.27. The monoisotopic (exact) mass is 237 g/mol. The minimum atomic E-state index is 0.358. The topological polar surface area (TPSA) is 18.5 Å². The van der Waals surface area contributed by atoms with E-state index in [0.717, 1.165) is 12.1 Å². The molecule has 2 unspecified atom stereocenters. The van der Waals surface area contributed by atoms with Gasteiger partial charge in [-0.1, -0.05) is 0 Å². The molecule has 0 spiro atoms. The smallest absolute Gasteiger partial charge is 0.0238 e. The van der Waals surface area contributed by atoms with Crippen LogP contribution in [0.1, 0.15) is 39.5 Å². The van der Waals surface area contributed by atoms with E-state index in [-0.39, 0.29) is 0 Å². The molecule has 3 saturated heterocycles. The molecule has 3 fully saturated rings. The van der Waals surface area contributed by atoms with Crippen molar-refractivity contribution in [2.24, 2.45) is 0 Å². The highest BCUT2D eigenvalue weighted by atomic mass is 15.3. The molecule has 98 valence electrons. The molecule has 0 saturated carbocycles. The molecule has 0 aromatic rings. The minimum Gasteiger partial charge on any atom is -0.310 e. The zero-order valence-corrected chi connectivity index (χ0v) is 11.4. The minimum absolute atomic E-state index is 0.358. The van der Waals surface area contributed by atoms with Crippen molar-refractivity contribution in [3.05, 3.63) is 0 Å². The highest BCUT2D eigenvalue weighted by Gasteiger charge is 2.38. The molecule has 0 radical (unpaired) electrons. The van der Waals surface area contributed by atoms with Gasteiger partial charge >= 0.3 is 0 Å². The molecule has 17 heavy (non-hydrogen) atoms. The summed E-state index contributed by atoms with van der Waals surface area (Å²) in [4.78, 5) is 5.47. The molecule has 3 heterocycles. The van der Waals surface area contributed by atoms with Gasteiger partial charge in [0.2, 0.25) is 0 Å². The van der Waals surface area contributed by atoms with Gasteiger partial charge in [-0.15, -0.1) is 0 Å². The van der Waals surface area contributed by atoms with E-state index >= 15 is 0 Å². The van der Waals surface area contributed by atoms with Gasteiger partial charge in [0.25, 0.3) is 0 Å². The lowest BCUT2D eigenvalue weighted by Gasteiger charge is -2.27. The second-order valence-corrected chi connectivity index (χ2v) is 6.80. The highest BCUT2D eigenvalue weighted by molar-refractivity contribution is 4.97. The molecule has 0 bridgehead atoms. The van der Waals surface area contributed by atoms with E-state index in [1.54, 1.807) is 0 Å². The molecule has 3 nitrogen and oxygen atoms in total. The fourth-order valence-electron chi connectivity index (χ4n) is 3.89. The van der Waals surface area contributed by atoms with Crippen LogP contribution in [0.2, 0.25) is 0 Å². The summed E-state index contributed by atoms with van der Waals surface area (Å²) < 4.78 is 0. The van der Waals surface area contributed by atoms with Crippen molar-refractivity contribution in [1.82, 2.24) is 15.1 Å². The largest absolute Gasteiger partial charge is 0.310 e. The normalized spacial score (nSPS) is 39.2. The zero-order chi connectivity index (χ0) is 11.9. The van der Waals surface area contributed by atoms with Crippen LogP contribution in [0.5, 0.6) is 0 Å². The van der Waals surface area contributed by atoms with E-state index in [2.05, 4.69) is 29.0 Å². The molecule has 3 rings (SSSR count). The predicted octanol–water partition coefficient (Wildman–Crippen LogP) is 1.30. The predicted molar refractivity (Wildman–Crippen MR) is 71.3 cm³/mol. The van der Waals surface area contributed by atoms with Crippen LogP contribution in [0.15, 0.2) is 0 Å². The van der Waals surface area contributed by atoms with Crippen molar-refractivity contribution >= 4 is 0 Å². The van der Waals surface area contributed by atoms with Crippen LogP contribution in [0.25, 0.3) is 0 Å². The number of rotatable bonds is 2. The quantitative estimate of drug-likeness (QED) is 0.781. The van der Waals surface area contributed by atoms with Gasteiger partial charge in [0, 0.05) is 37.3 Å². The van der Waals surface area contributed by atoms with E-state index in [1.807, 2.05) is 0 Å². The van der Waals surface area contributed by atoms with Crippen molar-refractivity contribution in [3.63, 3.8) is 0 Å². The average Bonchev–Trinajstić information content (AvgIpc) is 2.93. The number of nitrogens with one attached hydrogen (secondary N) is 1. The van der Waals surface area contributed by atoms with Crippen LogP contribution < -0.4 is 5.32 Å². The Hall–Kier alpha value is -0.120. The molecule has 3 heteroatoms. The van der Waals surface area contributed by atoms with E-state index in [9.17, 15) is 0 Å². The summed E-state index contributed by atoms with van der Waals surface area (Å²) in [5.41, 5.74) is 0.358. The summed E-state index contributed by atoms with van der Waals surface area (Å²) in [5, 5.41) is 3.65. The summed E-state index contributed by atoms with van der Waals surface area (Å²) in [6, 6.07) is 1.65. The average molecular weight is 237 g/mol. The molecule has 1 N–H and O–H groups in total. The van der Waals surface area contributed by atoms with Crippen LogP contribution in [-0.4, -0.2) is 60.1 Å². The third-order valence-corrected chi connectivity index (χ3v) is 4.93. The van der Waals surface area contributed by atoms with E-state index in [0.29, 0.717) is 5.54 Å². The summed E-state index contributed by atoms with van der Waals surface area (Å²) >= 11 is 0. The van der Waals surface area contributed by atoms with Gasteiger partial charge in [-0.2, -0.15) is 0 Å². The van der Waals surface area contributed by atoms with Crippen molar-refractivity contribution < 1.29 is 0 Å². The number of nitrogens with zero attached hydrogens (tertiary/aromatic N) is 2. The van der Waals surface area contributed by atoms with Crippen LogP contribution >= 0.6 is 0 Å². The Morgan fingerprint density at radius 3 is 2.41 bits per heavy atom. The summed E-state index contributed by atoms with van der Waals surface area (Å²) in [7, 11) is 0. The van der Waals surface area contributed by atoms with Gasteiger partial charge in [0.05, 0.1) is 0 Å². The van der Waals surface area contributed by atoms with Crippen molar-refractivity contribution in [2.45, 2.75) is 57.2 Å². The molecule has 0 aromatic carbocycles. The van der Waals surface area contributed by atoms with Gasteiger partial charge in [0.1, 0.15) is 0 Å².